The molecule has 4 amide bonds. The molecule has 4 N–H and O–H groups in total. The van der Waals surface area contributed by atoms with Gasteiger partial charge >= 0.3 is 66.5 Å². The Morgan fingerprint density at radius 2 is 0.722 bits per heavy atom. The van der Waals surface area contributed by atoms with Gasteiger partial charge in [0.15, 0.2) is 0 Å². The summed E-state index contributed by atoms with van der Waals surface area (Å²) in [5, 5.41) is 11.3. The van der Waals surface area contributed by atoms with E-state index < -0.39 is 186 Å². The summed E-state index contributed by atoms with van der Waals surface area (Å²) in [6, 6.07) is -0.962. The van der Waals surface area contributed by atoms with E-state index in [2.05, 4.69) is 61.1 Å². The van der Waals surface area contributed by atoms with Crippen LogP contribution in [0, 0.1) is 21.7 Å². The number of nitrogens with one attached hydrogen (secondary N) is 4. The third-order valence-electron chi connectivity index (χ3n) is 13.9. The van der Waals surface area contributed by atoms with E-state index in [1.165, 1.54) is 0 Å². The van der Waals surface area contributed by atoms with Gasteiger partial charge in [-0.25, -0.2) is 52.7 Å². The summed E-state index contributed by atoms with van der Waals surface area (Å²) in [7, 11) is 0. The Balaban J connectivity index is 1.93. The third-order valence-corrected chi connectivity index (χ3v) is 13.9. The van der Waals surface area contributed by atoms with Crippen molar-refractivity contribution >= 4 is 66.5 Å². The van der Waals surface area contributed by atoms with Crippen LogP contribution in [0.25, 0.3) is 0 Å². The van der Waals surface area contributed by atoms with E-state index >= 15 is 0 Å². The molecule has 2 aliphatic carbocycles. The lowest BCUT2D eigenvalue weighted by Gasteiger charge is -2.46. The second-order valence-electron chi connectivity index (χ2n) is 24.1. The van der Waals surface area contributed by atoms with Crippen LogP contribution in [-0.4, -0.2) is 182 Å². The molecule has 90 heavy (non-hydrogen) atoms. The Kier molecular flexibility index (Phi) is 33.6. The van der Waals surface area contributed by atoms with E-state index in [4.69, 9.17) is 66.3 Å². The van der Waals surface area contributed by atoms with E-state index in [1.54, 1.807) is 6.92 Å². The Morgan fingerprint density at radius 3 is 1.11 bits per heavy atom. The molecular formula is C61H92N4O25. The van der Waals surface area contributed by atoms with Crippen LogP contribution >= 0.6 is 0 Å². The number of alkyl carbamates (subject to hydrolysis) is 4. The fourth-order valence-electron chi connectivity index (χ4n) is 10.6. The average molecular weight is 1280 g/mol. The normalized spacial score (nSPS) is 18.9. The minimum atomic E-state index is -1.70. The number of amides is 4. The average Bonchev–Trinajstić information content (AvgIpc) is 0.887. The number of hydrogen-bond acceptors (Lipinski definition) is 25. The summed E-state index contributed by atoms with van der Waals surface area (Å²) < 4.78 is 73.4. The van der Waals surface area contributed by atoms with Gasteiger partial charge in [-0.05, 0) is 69.6 Å². The molecule has 4 atom stereocenters. The molecule has 2 rings (SSSR count). The van der Waals surface area contributed by atoms with Crippen LogP contribution in [0.2, 0.25) is 0 Å². The predicted octanol–water partition coefficient (Wildman–Crippen LogP) is 7.44. The molecule has 2 saturated carbocycles. The van der Waals surface area contributed by atoms with Crippen molar-refractivity contribution in [1.82, 2.24) is 21.3 Å². The van der Waals surface area contributed by atoms with Gasteiger partial charge in [0, 0.05) is 53.5 Å². The SMILES string of the molecule is C=CC(=O)OCC(COCC(COC(=O)C=C)(COC(=O)C=C)COC(=O)NC1(C)CC(NC(=O)OCCOC(=O)OCCOC(=O)OCOC(=O)NC2CC(C)(C)CC(C)(NC(=O)OCCCCCCC)C2)CC(C)(C)C1)(COC(=O)C=C)COC(=O)C=C. The molecule has 0 aromatic carbocycles. The van der Waals surface area contributed by atoms with Crippen molar-refractivity contribution < 1.29 is 119 Å². The number of carbonyl (C=O) groups is 11. The van der Waals surface area contributed by atoms with Gasteiger partial charge in [0.25, 0.3) is 0 Å². The van der Waals surface area contributed by atoms with Crippen molar-refractivity contribution in [3.05, 3.63) is 63.3 Å². The van der Waals surface area contributed by atoms with E-state index in [9.17, 15) is 52.7 Å². The first kappa shape index (κ1) is 77.7. The minimum absolute atomic E-state index is 0.159. The van der Waals surface area contributed by atoms with Crippen LogP contribution in [0.15, 0.2) is 63.3 Å². The Morgan fingerprint density at radius 1 is 0.389 bits per heavy atom. The maximum atomic E-state index is 13.8. The van der Waals surface area contributed by atoms with E-state index in [0.29, 0.717) is 38.7 Å². The summed E-state index contributed by atoms with van der Waals surface area (Å²) in [6.07, 6.45) is 6.34. The Hall–Kier alpha value is -8.37. The number of esters is 5. The summed E-state index contributed by atoms with van der Waals surface area (Å²) in [4.78, 5) is 138. The molecule has 0 heterocycles. The number of hydrogen-bond donors (Lipinski definition) is 4. The summed E-state index contributed by atoms with van der Waals surface area (Å²) in [5.41, 5.74) is -5.80. The Labute approximate surface area is 525 Å². The van der Waals surface area contributed by atoms with Gasteiger partial charge in [0.2, 0.25) is 6.79 Å². The molecule has 0 aliphatic heterocycles. The molecular weight excluding hydrogens is 1190 g/mol. The molecule has 29 heteroatoms. The second-order valence-corrected chi connectivity index (χ2v) is 24.1. The highest BCUT2D eigenvalue weighted by Crippen LogP contribution is 2.42. The zero-order valence-electron chi connectivity index (χ0n) is 53.0. The molecule has 0 spiro atoms. The van der Waals surface area contributed by atoms with E-state index in [1.807, 2.05) is 34.6 Å². The smallest absolute Gasteiger partial charge is 0.462 e. The highest BCUT2D eigenvalue weighted by molar-refractivity contribution is 5.83. The molecule has 0 bridgehead atoms. The molecule has 0 aromatic heterocycles. The molecule has 2 fully saturated rings. The standard InChI is InChI=1S/C61H92N4O25/c1-13-19-20-21-22-23-78-52(73)64-58(11)31-44(29-57(9,10)32-58)63-51(72)89-42-90-55(76)82-27-26-81-54(75)80-25-24-79-50(71)62-43-28-56(7,8)33-59(12,30-43)65-53(74)88-41-61(39-86-48(69)17-5,40-87-49(70)18-6)35-77-34-60(36-83-45(66)14-2,37-84-46(67)15-3)38-85-47(68)16-4/h14-18,43-44H,2-6,13,19-42H2,1,7-12H3,(H,62,71)(H,63,72)(H,64,73)(H,65,74). The van der Waals surface area contributed by atoms with Crippen LogP contribution < -0.4 is 21.3 Å². The molecule has 0 saturated heterocycles. The van der Waals surface area contributed by atoms with Gasteiger partial charge in [-0.15, -0.1) is 0 Å². The van der Waals surface area contributed by atoms with Crippen LogP contribution in [0.3, 0.4) is 0 Å². The molecule has 29 nitrogen and oxygen atoms in total. The number of carbonyl (C=O) groups excluding carboxylic acids is 11. The van der Waals surface area contributed by atoms with Gasteiger partial charge in [-0.3, -0.25) is 0 Å². The maximum Gasteiger partial charge on any atom is 0.511 e. The van der Waals surface area contributed by atoms with Crippen molar-refractivity contribution in [3.63, 3.8) is 0 Å². The summed E-state index contributed by atoms with van der Waals surface area (Å²) in [6.45, 7) is 23.6. The molecule has 0 aromatic rings. The van der Waals surface area contributed by atoms with Gasteiger partial charge in [-0.1, -0.05) is 93.2 Å². The van der Waals surface area contributed by atoms with Crippen LogP contribution in [0.5, 0.6) is 0 Å². The number of ether oxygens (including phenoxy) is 14. The minimum Gasteiger partial charge on any atom is -0.462 e. The largest absolute Gasteiger partial charge is 0.511 e. The van der Waals surface area contributed by atoms with Crippen LogP contribution in [0.4, 0.5) is 28.8 Å². The first-order valence-electron chi connectivity index (χ1n) is 29.3. The molecule has 2 aliphatic rings. The fourth-order valence-corrected chi connectivity index (χ4v) is 10.6. The predicted molar refractivity (Wildman–Crippen MR) is 318 cm³/mol. The summed E-state index contributed by atoms with van der Waals surface area (Å²) in [5.74, 6) is -4.51. The quantitative estimate of drug-likeness (QED) is 0.0153. The third kappa shape index (κ3) is 32.2. The highest BCUT2D eigenvalue weighted by Gasteiger charge is 2.46. The van der Waals surface area contributed by atoms with Crippen molar-refractivity contribution in [2.24, 2.45) is 21.7 Å². The van der Waals surface area contributed by atoms with Crippen LogP contribution in [0.1, 0.15) is 119 Å². The van der Waals surface area contributed by atoms with Crippen molar-refractivity contribution in [2.75, 3.05) is 92.7 Å². The maximum absolute atomic E-state index is 13.8. The van der Waals surface area contributed by atoms with Crippen molar-refractivity contribution in [2.45, 2.75) is 142 Å². The Bertz CT molecular complexity index is 2400. The topological polar surface area (TPSA) is 365 Å². The van der Waals surface area contributed by atoms with Crippen LogP contribution in [-0.2, 0) is 90.3 Å². The molecule has 4 unspecified atom stereocenters. The monoisotopic (exact) mass is 1280 g/mol. The number of unbranched alkanes of at least 4 members (excludes halogenated alkanes) is 4. The molecule has 506 valence electrons. The lowest BCUT2D eigenvalue weighted by Crippen LogP contribution is -2.58. The lowest BCUT2D eigenvalue weighted by molar-refractivity contribution is -0.167. The fraction of sp³-hybridized carbons (Fsp3) is 0.656. The number of rotatable bonds is 39. The van der Waals surface area contributed by atoms with Gasteiger partial charge < -0.3 is 87.6 Å². The van der Waals surface area contributed by atoms with Crippen molar-refractivity contribution in [3.8, 4) is 0 Å². The molecule has 0 radical (unpaired) electrons. The highest BCUT2D eigenvalue weighted by atomic mass is 16.8. The zero-order chi connectivity index (χ0) is 67.4. The van der Waals surface area contributed by atoms with Gasteiger partial charge in [-0.2, -0.15) is 0 Å². The second kappa shape index (κ2) is 38.9. The van der Waals surface area contributed by atoms with Gasteiger partial charge in [0.05, 0.1) is 30.7 Å². The van der Waals surface area contributed by atoms with Gasteiger partial charge in [0.1, 0.15) is 66.1 Å². The van der Waals surface area contributed by atoms with E-state index in [0.717, 1.165) is 62.5 Å². The summed E-state index contributed by atoms with van der Waals surface area (Å²) >= 11 is 0. The first-order chi connectivity index (χ1) is 42.4. The zero-order valence-corrected chi connectivity index (χ0v) is 53.0. The lowest BCUT2D eigenvalue weighted by atomic mass is 9.67. The van der Waals surface area contributed by atoms with Crippen molar-refractivity contribution in [1.29, 1.82) is 0 Å². The van der Waals surface area contributed by atoms with E-state index in [-0.39, 0.29) is 17.9 Å². The first-order valence-corrected chi connectivity index (χ1v) is 29.3.